The summed E-state index contributed by atoms with van der Waals surface area (Å²) in [7, 11) is 0. The molecule has 2 aromatic rings. The Hall–Kier alpha value is -2.47. The molecule has 0 aliphatic rings. The third-order valence-electron chi connectivity index (χ3n) is 3.26. The molecule has 24 heavy (non-hydrogen) atoms. The van der Waals surface area contributed by atoms with Crippen molar-refractivity contribution in [1.29, 1.82) is 0 Å². The predicted molar refractivity (Wildman–Crippen MR) is 88.2 cm³/mol. The van der Waals surface area contributed by atoms with Gasteiger partial charge in [0.25, 0.3) is 5.78 Å². The van der Waals surface area contributed by atoms with Gasteiger partial charge in [0.2, 0.25) is 0 Å². The number of aliphatic carboxylic acids is 1. The fourth-order valence-corrected chi connectivity index (χ4v) is 2.57. The molecular formula is C18H14BrO5-. The summed E-state index contributed by atoms with van der Waals surface area (Å²) in [6.45, 7) is 0. The lowest BCUT2D eigenvalue weighted by Crippen LogP contribution is -2.33. The summed E-state index contributed by atoms with van der Waals surface area (Å²) in [5.41, 5.74) is 1.41. The number of Topliss-reactive ketones (excluding diaryl/α,β-unsaturated/α-hetero) is 1. The van der Waals surface area contributed by atoms with E-state index >= 15 is 0 Å². The molecule has 0 N–H and O–H groups in total. The SMILES string of the molecule is O=C([O-])CC(Br)C(=O)C(=O)OC(c1ccccc1)c1ccccc1. The van der Waals surface area contributed by atoms with Crippen LogP contribution in [0, 0.1) is 0 Å². The standard InChI is InChI=1S/C18H15BrO5/c19-14(11-15(20)21)16(22)18(23)24-17(12-7-3-1-4-8-12)13-9-5-2-6-10-13/h1-10,14,17H,11H2,(H,20,21)/p-1. The molecule has 0 saturated heterocycles. The molecule has 0 amide bonds. The van der Waals surface area contributed by atoms with E-state index in [-0.39, 0.29) is 0 Å². The van der Waals surface area contributed by atoms with Crippen LogP contribution in [0.15, 0.2) is 60.7 Å². The zero-order chi connectivity index (χ0) is 17.5. The molecule has 124 valence electrons. The van der Waals surface area contributed by atoms with E-state index in [0.29, 0.717) is 11.1 Å². The first kappa shape index (κ1) is 17.9. The van der Waals surface area contributed by atoms with Gasteiger partial charge in [0.15, 0.2) is 6.10 Å². The van der Waals surface area contributed by atoms with Crippen LogP contribution in [0.1, 0.15) is 23.7 Å². The molecule has 0 fully saturated rings. The highest BCUT2D eigenvalue weighted by atomic mass is 79.9. The molecule has 6 heteroatoms. The van der Waals surface area contributed by atoms with Gasteiger partial charge in [-0.15, -0.1) is 0 Å². The minimum absolute atomic E-state index is 0.602. The molecule has 2 aromatic carbocycles. The van der Waals surface area contributed by atoms with Crippen molar-refractivity contribution >= 4 is 33.7 Å². The van der Waals surface area contributed by atoms with Crippen LogP contribution in [-0.4, -0.2) is 22.5 Å². The van der Waals surface area contributed by atoms with Gasteiger partial charge in [0.05, 0.1) is 4.83 Å². The minimum Gasteiger partial charge on any atom is -0.550 e. The molecule has 5 nitrogen and oxygen atoms in total. The summed E-state index contributed by atoms with van der Waals surface area (Å²) in [5, 5.41) is 10.6. The summed E-state index contributed by atoms with van der Waals surface area (Å²) < 4.78 is 5.36. The fraction of sp³-hybridized carbons (Fsp3) is 0.167. The molecule has 0 radical (unpaired) electrons. The van der Waals surface area contributed by atoms with E-state index in [1.54, 1.807) is 48.5 Å². The maximum Gasteiger partial charge on any atom is 0.376 e. The number of alkyl halides is 1. The number of rotatable bonds is 7. The zero-order valence-electron chi connectivity index (χ0n) is 12.6. The third-order valence-corrected chi connectivity index (χ3v) is 4.00. The van der Waals surface area contributed by atoms with Crippen LogP contribution in [0.2, 0.25) is 0 Å². The van der Waals surface area contributed by atoms with Crippen LogP contribution in [0.4, 0.5) is 0 Å². The molecule has 0 aliphatic heterocycles. The molecule has 0 aliphatic carbocycles. The Balaban J connectivity index is 2.22. The van der Waals surface area contributed by atoms with Crippen molar-refractivity contribution in [3.8, 4) is 0 Å². The summed E-state index contributed by atoms with van der Waals surface area (Å²) in [6.07, 6.45) is -1.36. The van der Waals surface area contributed by atoms with Crippen LogP contribution in [0.25, 0.3) is 0 Å². The molecule has 0 aromatic heterocycles. The van der Waals surface area contributed by atoms with Crippen LogP contribution in [-0.2, 0) is 19.1 Å². The van der Waals surface area contributed by atoms with Gasteiger partial charge in [-0.25, -0.2) is 4.79 Å². The largest absolute Gasteiger partial charge is 0.550 e. The minimum atomic E-state index is -1.43. The van der Waals surface area contributed by atoms with Crippen molar-refractivity contribution in [2.75, 3.05) is 0 Å². The van der Waals surface area contributed by atoms with E-state index in [2.05, 4.69) is 15.9 Å². The molecule has 1 atom stereocenters. The second-order valence-electron chi connectivity index (χ2n) is 5.01. The van der Waals surface area contributed by atoms with Gasteiger partial charge in [-0.1, -0.05) is 76.6 Å². The molecule has 0 bridgehead atoms. The summed E-state index contributed by atoms with van der Waals surface area (Å²) in [4.78, 5) is 33.4. The predicted octanol–water partition coefficient (Wildman–Crippen LogP) is 1.79. The lowest BCUT2D eigenvalue weighted by Gasteiger charge is -2.19. The van der Waals surface area contributed by atoms with Crippen molar-refractivity contribution in [1.82, 2.24) is 0 Å². The first-order valence-corrected chi connectivity index (χ1v) is 8.09. The number of hydrogen-bond acceptors (Lipinski definition) is 5. The van der Waals surface area contributed by atoms with Crippen LogP contribution >= 0.6 is 15.9 Å². The first-order chi connectivity index (χ1) is 11.5. The Kier molecular flexibility index (Phi) is 6.26. The number of carboxylic acid groups (broad SMARTS) is 1. The number of carboxylic acids is 1. The molecular weight excluding hydrogens is 376 g/mol. The van der Waals surface area contributed by atoms with E-state index < -0.39 is 35.1 Å². The van der Waals surface area contributed by atoms with E-state index in [0.717, 1.165) is 0 Å². The Morgan fingerprint density at radius 2 is 1.38 bits per heavy atom. The van der Waals surface area contributed by atoms with Crippen LogP contribution in [0.3, 0.4) is 0 Å². The second kappa shape index (κ2) is 8.40. The topological polar surface area (TPSA) is 83.5 Å². The van der Waals surface area contributed by atoms with E-state index in [1.165, 1.54) is 0 Å². The smallest absolute Gasteiger partial charge is 0.376 e. The lowest BCUT2D eigenvalue weighted by molar-refractivity contribution is -0.305. The molecule has 0 saturated carbocycles. The summed E-state index contributed by atoms with van der Waals surface area (Å²) in [5.74, 6) is -3.49. The van der Waals surface area contributed by atoms with Crippen LogP contribution < -0.4 is 5.11 Å². The van der Waals surface area contributed by atoms with E-state index in [1.807, 2.05) is 12.1 Å². The molecule has 0 heterocycles. The number of halogens is 1. The summed E-state index contributed by atoms with van der Waals surface area (Å²) >= 11 is 2.88. The summed E-state index contributed by atoms with van der Waals surface area (Å²) in [6, 6.07) is 18.0. The fourth-order valence-electron chi connectivity index (χ4n) is 2.12. The zero-order valence-corrected chi connectivity index (χ0v) is 14.1. The quantitative estimate of drug-likeness (QED) is 0.409. The van der Waals surface area contributed by atoms with Crippen molar-refractivity contribution in [3.63, 3.8) is 0 Å². The molecule has 0 spiro atoms. The van der Waals surface area contributed by atoms with Crippen molar-refractivity contribution in [2.24, 2.45) is 0 Å². The van der Waals surface area contributed by atoms with Gasteiger partial charge in [-0.2, -0.15) is 0 Å². The monoisotopic (exact) mass is 389 g/mol. The number of ether oxygens (including phenoxy) is 1. The number of carbonyl (C=O) groups is 3. The van der Waals surface area contributed by atoms with E-state index in [4.69, 9.17) is 4.74 Å². The van der Waals surface area contributed by atoms with Gasteiger partial charge >= 0.3 is 5.97 Å². The van der Waals surface area contributed by atoms with Crippen molar-refractivity contribution in [2.45, 2.75) is 17.4 Å². The highest BCUT2D eigenvalue weighted by molar-refractivity contribution is 9.10. The highest BCUT2D eigenvalue weighted by Gasteiger charge is 2.28. The normalized spacial score (nSPS) is 11.8. The Morgan fingerprint density at radius 1 is 0.917 bits per heavy atom. The van der Waals surface area contributed by atoms with Gasteiger partial charge in [-0.3, -0.25) is 4.79 Å². The molecule has 1 unspecified atom stereocenters. The Bertz CT molecular complexity index is 675. The number of ketones is 1. The maximum absolute atomic E-state index is 12.1. The average Bonchev–Trinajstić information content (AvgIpc) is 2.59. The van der Waals surface area contributed by atoms with Crippen molar-refractivity contribution in [3.05, 3.63) is 71.8 Å². The van der Waals surface area contributed by atoms with Gasteiger partial charge < -0.3 is 14.6 Å². The van der Waals surface area contributed by atoms with Gasteiger partial charge in [-0.05, 0) is 11.1 Å². The second-order valence-corrected chi connectivity index (χ2v) is 6.12. The number of hydrogen-bond donors (Lipinski definition) is 0. The lowest BCUT2D eigenvalue weighted by atomic mass is 10.0. The average molecular weight is 390 g/mol. The Morgan fingerprint density at radius 3 is 1.79 bits per heavy atom. The Labute approximate surface area is 147 Å². The molecule has 2 rings (SSSR count). The number of esters is 1. The number of benzene rings is 2. The maximum atomic E-state index is 12.1. The highest BCUT2D eigenvalue weighted by Crippen LogP contribution is 2.26. The number of carbonyl (C=O) groups excluding carboxylic acids is 3. The van der Waals surface area contributed by atoms with Crippen LogP contribution in [0.5, 0.6) is 0 Å². The van der Waals surface area contributed by atoms with Crippen molar-refractivity contribution < 1.29 is 24.2 Å². The first-order valence-electron chi connectivity index (χ1n) is 7.17. The van der Waals surface area contributed by atoms with Gasteiger partial charge in [0.1, 0.15) is 0 Å². The third kappa shape index (κ3) is 4.76. The van der Waals surface area contributed by atoms with Gasteiger partial charge in [0, 0.05) is 12.4 Å². The van der Waals surface area contributed by atoms with E-state index in [9.17, 15) is 19.5 Å².